The van der Waals surface area contributed by atoms with Crippen LogP contribution in [-0.2, 0) is 25.6 Å². The molecule has 7 atom stereocenters. The summed E-state index contributed by atoms with van der Waals surface area (Å²) in [5.41, 5.74) is 2.31. The Morgan fingerprint density at radius 3 is 1.90 bits per heavy atom. The first-order chi connectivity index (χ1) is 28.7. The van der Waals surface area contributed by atoms with Crippen LogP contribution in [0.15, 0.2) is 54.6 Å². The second kappa shape index (κ2) is 31.2. The van der Waals surface area contributed by atoms with Crippen molar-refractivity contribution in [1.82, 2.24) is 5.32 Å². The van der Waals surface area contributed by atoms with E-state index in [0.29, 0.717) is 37.2 Å². The molecule has 1 saturated heterocycles. The maximum absolute atomic E-state index is 13.0. The highest BCUT2D eigenvalue weighted by atomic mass is 16.7. The molecule has 334 valence electrons. The number of hydrogen-bond acceptors (Lipinski definition) is 10. The molecule has 6 N–H and O–H groups in total. The van der Waals surface area contributed by atoms with Crippen molar-refractivity contribution in [2.24, 2.45) is 0 Å². The van der Waals surface area contributed by atoms with Crippen LogP contribution in [0, 0.1) is 0 Å². The lowest BCUT2D eigenvalue weighted by molar-refractivity contribution is -0.302. The molecule has 0 saturated carbocycles. The topological polar surface area (TPSA) is 175 Å². The number of aliphatic hydroxyl groups excluding tert-OH is 5. The summed E-state index contributed by atoms with van der Waals surface area (Å²) >= 11 is 0. The van der Waals surface area contributed by atoms with Crippen molar-refractivity contribution < 1.29 is 49.3 Å². The minimum absolute atomic E-state index is 0.00575. The second-order valence-electron chi connectivity index (χ2n) is 16.5. The van der Waals surface area contributed by atoms with Gasteiger partial charge in [-0.15, -0.1) is 0 Å². The van der Waals surface area contributed by atoms with E-state index < -0.39 is 49.5 Å². The van der Waals surface area contributed by atoms with Crippen LogP contribution in [0.4, 0.5) is 0 Å². The van der Waals surface area contributed by atoms with E-state index in [1.807, 2.05) is 54.6 Å². The molecule has 1 fully saturated rings. The van der Waals surface area contributed by atoms with E-state index >= 15 is 0 Å². The van der Waals surface area contributed by atoms with E-state index in [-0.39, 0.29) is 18.3 Å². The minimum Gasteiger partial charge on any atom is -0.394 e. The van der Waals surface area contributed by atoms with Gasteiger partial charge in [0.25, 0.3) is 0 Å². The molecule has 1 aliphatic heterocycles. The average molecular weight is 828 g/mol. The molecule has 0 aromatic heterocycles. The van der Waals surface area contributed by atoms with Gasteiger partial charge in [-0.3, -0.25) is 9.59 Å². The van der Waals surface area contributed by atoms with E-state index in [9.17, 15) is 35.1 Å². The normalized spacial score (nSPS) is 20.3. The molecular formula is C48H77NO10. The van der Waals surface area contributed by atoms with Crippen LogP contribution in [-0.4, -0.2) is 99.9 Å². The molecule has 59 heavy (non-hydrogen) atoms. The Bertz CT molecular complexity index is 1380. The summed E-state index contributed by atoms with van der Waals surface area (Å²) in [7, 11) is 0. The van der Waals surface area contributed by atoms with Gasteiger partial charge in [-0.2, -0.15) is 0 Å². The minimum atomic E-state index is -1.57. The summed E-state index contributed by atoms with van der Waals surface area (Å²) in [6.45, 7) is 2.63. The number of ketones is 1. The van der Waals surface area contributed by atoms with E-state index in [4.69, 9.17) is 14.2 Å². The molecule has 11 nitrogen and oxygen atoms in total. The zero-order valence-electron chi connectivity index (χ0n) is 35.9. The largest absolute Gasteiger partial charge is 0.394 e. The molecule has 0 aliphatic carbocycles. The second-order valence-corrected chi connectivity index (χ2v) is 16.5. The highest BCUT2D eigenvalue weighted by Crippen LogP contribution is 2.23. The van der Waals surface area contributed by atoms with Crippen molar-refractivity contribution in [2.45, 2.75) is 198 Å². The number of carbonyl (C=O) groups excluding carboxylic acids is 2. The summed E-state index contributed by atoms with van der Waals surface area (Å²) in [6.07, 6.45) is 15.5. The van der Waals surface area contributed by atoms with Crippen molar-refractivity contribution in [2.75, 3.05) is 19.8 Å². The lowest BCUT2D eigenvalue weighted by atomic mass is 9.99. The van der Waals surface area contributed by atoms with Gasteiger partial charge in [0.1, 0.15) is 24.4 Å². The van der Waals surface area contributed by atoms with Gasteiger partial charge < -0.3 is 45.1 Å². The van der Waals surface area contributed by atoms with E-state index in [0.717, 1.165) is 69.8 Å². The third-order valence-corrected chi connectivity index (χ3v) is 11.4. The molecule has 7 unspecified atom stereocenters. The van der Waals surface area contributed by atoms with Gasteiger partial charge in [-0.25, -0.2) is 0 Å². The Balaban J connectivity index is 1.29. The Labute approximate surface area is 354 Å². The molecule has 2 aromatic carbocycles. The molecule has 1 amide bonds. The fraction of sp³-hybridized carbons (Fsp3) is 0.708. The number of rotatable bonds is 34. The Morgan fingerprint density at radius 1 is 0.695 bits per heavy atom. The quantitative estimate of drug-likeness (QED) is 0.0303. The number of ether oxygens (including phenoxy) is 3. The first-order valence-corrected chi connectivity index (χ1v) is 22.9. The van der Waals surface area contributed by atoms with Gasteiger partial charge in [0, 0.05) is 24.2 Å². The summed E-state index contributed by atoms with van der Waals surface area (Å²) in [5, 5.41) is 54.4. The predicted octanol–water partition coefficient (Wildman–Crippen LogP) is 7.70. The summed E-state index contributed by atoms with van der Waals surface area (Å²) < 4.78 is 17.1. The van der Waals surface area contributed by atoms with Crippen molar-refractivity contribution in [3.05, 3.63) is 71.3 Å². The number of unbranched alkanes of at least 4 members (excludes halogenated alkanes) is 18. The Kier molecular flexibility index (Phi) is 26.7. The fourth-order valence-electron chi connectivity index (χ4n) is 7.63. The van der Waals surface area contributed by atoms with Gasteiger partial charge in [0.05, 0.1) is 32.0 Å². The van der Waals surface area contributed by atoms with Gasteiger partial charge in [0.15, 0.2) is 12.1 Å². The smallest absolute Gasteiger partial charge is 0.220 e. The van der Waals surface area contributed by atoms with Crippen LogP contribution in [0.25, 0.3) is 0 Å². The molecule has 1 aliphatic rings. The number of benzene rings is 2. The van der Waals surface area contributed by atoms with E-state index in [2.05, 4.69) is 12.2 Å². The maximum atomic E-state index is 13.0. The SMILES string of the molecule is CCCCCCCCCCCCCCCC(O)C(COC1OC(CO)C(O)C(O)C1O)NC(=O)CCCCCCCCCOCc1cccc(C(=O)c2ccccc2)c1. The van der Waals surface area contributed by atoms with Crippen molar-refractivity contribution >= 4 is 11.7 Å². The molecule has 3 rings (SSSR count). The Hall–Kier alpha value is -2.74. The van der Waals surface area contributed by atoms with E-state index in [1.54, 1.807) is 0 Å². The zero-order valence-corrected chi connectivity index (χ0v) is 35.9. The monoisotopic (exact) mass is 828 g/mol. The number of nitrogens with one attached hydrogen (secondary N) is 1. The first-order valence-electron chi connectivity index (χ1n) is 22.9. The number of amides is 1. The van der Waals surface area contributed by atoms with Crippen molar-refractivity contribution in [3.8, 4) is 0 Å². The van der Waals surface area contributed by atoms with Gasteiger partial charge in [-0.05, 0) is 30.9 Å². The molecule has 11 heteroatoms. The van der Waals surface area contributed by atoms with Crippen LogP contribution < -0.4 is 5.32 Å². The van der Waals surface area contributed by atoms with Crippen molar-refractivity contribution in [3.63, 3.8) is 0 Å². The number of carbonyl (C=O) groups is 2. The number of aliphatic hydroxyl groups is 5. The standard InChI is InChI=1S/C48H77NO10/c1-2-3-4-5-6-7-8-9-10-11-13-16-22-30-41(51)40(36-58-48-47(56)46(55)45(54)42(34-50)59-48)49-43(52)31-23-17-14-12-15-18-24-32-57-35-37-26-25-29-39(33-37)44(53)38-27-20-19-21-28-38/h19-21,25-29,33,40-42,45-48,50-51,54-56H,2-18,22-24,30-32,34-36H2,1H3,(H,49,52). The third-order valence-electron chi connectivity index (χ3n) is 11.4. The van der Waals surface area contributed by atoms with Gasteiger partial charge >= 0.3 is 0 Å². The average Bonchev–Trinajstić information content (AvgIpc) is 3.25. The molecule has 0 spiro atoms. The lowest BCUT2D eigenvalue weighted by Gasteiger charge is -2.40. The highest BCUT2D eigenvalue weighted by molar-refractivity contribution is 6.09. The summed E-state index contributed by atoms with van der Waals surface area (Å²) in [5.74, 6) is -0.185. The summed E-state index contributed by atoms with van der Waals surface area (Å²) in [6, 6.07) is 16.1. The van der Waals surface area contributed by atoms with E-state index in [1.165, 1.54) is 64.2 Å². The highest BCUT2D eigenvalue weighted by Gasteiger charge is 2.44. The molecule has 1 heterocycles. The lowest BCUT2D eigenvalue weighted by Crippen LogP contribution is -2.60. The molecule has 0 radical (unpaired) electrons. The zero-order chi connectivity index (χ0) is 42.5. The molecule has 2 aromatic rings. The van der Waals surface area contributed by atoms with Crippen molar-refractivity contribution in [1.29, 1.82) is 0 Å². The van der Waals surface area contributed by atoms with Crippen LogP contribution >= 0.6 is 0 Å². The third kappa shape index (κ3) is 20.6. The van der Waals surface area contributed by atoms with Gasteiger partial charge in [0.2, 0.25) is 5.91 Å². The number of hydrogen-bond donors (Lipinski definition) is 6. The maximum Gasteiger partial charge on any atom is 0.220 e. The molecular weight excluding hydrogens is 751 g/mol. The molecule has 0 bridgehead atoms. The Morgan fingerprint density at radius 2 is 1.27 bits per heavy atom. The summed E-state index contributed by atoms with van der Waals surface area (Å²) in [4.78, 5) is 25.8. The van der Waals surface area contributed by atoms with Gasteiger partial charge in [-0.1, -0.05) is 171 Å². The first kappa shape index (κ1) is 50.6. The predicted molar refractivity (Wildman–Crippen MR) is 231 cm³/mol. The van der Waals surface area contributed by atoms with Crippen LogP contribution in [0.5, 0.6) is 0 Å². The van der Waals surface area contributed by atoms with Crippen LogP contribution in [0.3, 0.4) is 0 Å². The van der Waals surface area contributed by atoms with Crippen LogP contribution in [0.1, 0.15) is 170 Å². The van der Waals surface area contributed by atoms with Crippen LogP contribution in [0.2, 0.25) is 0 Å². The fourth-order valence-corrected chi connectivity index (χ4v) is 7.63.